The van der Waals surface area contributed by atoms with Crippen LogP contribution in [0.15, 0.2) is 29.5 Å². The highest BCUT2D eigenvalue weighted by Gasteiger charge is 2.31. The zero-order valence-electron chi connectivity index (χ0n) is 10.8. The summed E-state index contributed by atoms with van der Waals surface area (Å²) in [7, 11) is 1.28. The van der Waals surface area contributed by atoms with Crippen molar-refractivity contribution in [1.82, 2.24) is 10.6 Å². The zero-order valence-corrected chi connectivity index (χ0v) is 12.3. The number of carbonyl (C=O) groups excluding carboxylic acids is 2. The Morgan fingerprint density at radius 2 is 2.00 bits per heavy atom. The molecule has 0 spiro atoms. The molecule has 0 unspecified atom stereocenters. The van der Waals surface area contributed by atoms with Crippen molar-refractivity contribution in [2.45, 2.75) is 13.0 Å². The first-order valence-electron chi connectivity index (χ1n) is 5.75. The topological polar surface area (TPSA) is 67.4 Å². The SMILES string of the molecule is COC(=O)C1=C(C)NC(=O)N[C@H]1c1ccc(Cl)c(Cl)c1. The Bertz CT molecular complexity index is 614. The minimum Gasteiger partial charge on any atom is -0.466 e. The van der Waals surface area contributed by atoms with Gasteiger partial charge < -0.3 is 15.4 Å². The summed E-state index contributed by atoms with van der Waals surface area (Å²) in [6, 6.07) is 3.88. The van der Waals surface area contributed by atoms with Crippen molar-refractivity contribution in [2.24, 2.45) is 0 Å². The maximum atomic E-state index is 11.9. The van der Waals surface area contributed by atoms with E-state index >= 15 is 0 Å². The monoisotopic (exact) mass is 314 g/mol. The van der Waals surface area contributed by atoms with E-state index in [0.717, 1.165) is 0 Å². The third-order valence-electron chi connectivity index (χ3n) is 2.95. The van der Waals surface area contributed by atoms with E-state index in [1.165, 1.54) is 7.11 Å². The van der Waals surface area contributed by atoms with E-state index < -0.39 is 18.0 Å². The fourth-order valence-corrected chi connectivity index (χ4v) is 2.32. The van der Waals surface area contributed by atoms with Crippen LogP contribution in [0.25, 0.3) is 0 Å². The minimum atomic E-state index is -0.633. The predicted octanol–water partition coefficient (Wildman–Crippen LogP) is 2.79. The molecular formula is C13H12Cl2N2O3. The number of nitrogens with one attached hydrogen (secondary N) is 2. The van der Waals surface area contributed by atoms with Crippen LogP contribution in [-0.4, -0.2) is 19.1 Å². The molecule has 0 aromatic heterocycles. The lowest BCUT2D eigenvalue weighted by Crippen LogP contribution is -2.45. The smallest absolute Gasteiger partial charge is 0.337 e. The van der Waals surface area contributed by atoms with E-state index in [1.54, 1.807) is 25.1 Å². The molecule has 1 aromatic carbocycles. The molecule has 1 heterocycles. The molecule has 1 atom stereocenters. The average molecular weight is 315 g/mol. The van der Waals surface area contributed by atoms with Gasteiger partial charge in [0.05, 0.1) is 28.8 Å². The molecule has 1 aromatic rings. The molecule has 2 N–H and O–H groups in total. The van der Waals surface area contributed by atoms with E-state index in [4.69, 9.17) is 27.9 Å². The van der Waals surface area contributed by atoms with Gasteiger partial charge in [-0.2, -0.15) is 0 Å². The summed E-state index contributed by atoms with van der Waals surface area (Å²) in [4.78, 5) is 23.5. The highest BCUT2D eigenvalue weighted by Crippen LogP contribution is 2.31. The average Bonchev–Trinajstić information content (AvgIpc) is 2.40. The molecule has 0 aliphatic carbocycles. The van der Waals surface area contributed by atoms with Crippen LogP contribution in [-0.2, 0) is 9.53 Å². The van der Waals surface area contributed by atoms with Crippen molar-refractivity contribution < 1.29 is 14.3 Å². The number of hydrogen-bond donors (Lipinski definition) is 2. The zero-order chi connectivity index (χ0) is 14.9. The van der Waals surface area contributed by atoms with Crippen molar-refractivity contribution in [3.63, 3.8) is 0 Å². The quantitative estimate of drug-likeness (QED) is 0.825. The highest BCUT2D eigenvalue weighted by molar-refractivity contribution is 6.42. The van der Waals surface area contributed by atoms with Crippen molar-refractivity contribution >= 4 is 35.2 Å². The first-order valence-corrected chi connectivity index (χ1v) is 6.51. The third kappa shape index (κ3) is 2.73. The summed E-state index contributed by atoms with van der Waals surface area (Å²) < 4.78 is 4.75. The Morgan fingerprint density at radius 3 is 2.60 bits per heavy atom. The molecule has 106 valence electrons. The summed E-state index contributed by atoms with van der Waals surface area (Å²) in [6.45, 7) is 1.63. The Balaban J connectivity index is 2.50. The lowest BCUT2D eigenvalue weighted by Gasteiger charge is -2.28. The van der Waals surface area contributed by atoms with E-state index in [2.05, 4.69) is 10.6 Å². The molecule has 7 heteroatoms. The maximum absolute atomic E-state index is 11.9. The second-order valence-corrected chi connectivity index (χ2v) is 5.05. The number of benzene rings is 1. The van der Waals surface area contributed by atoms with Gasteiger partial charge in [0, 0.05) is 5.70 Å². The van der Waals surface area contributed by atoms with Gasteiger partial charge in [0.1, 0.15) is 0 Å². The lowest BCUT2D eigenvalue weighted by atomic mass is 9.95. The summed E-state index contributed by atoms with van der Waals surface area (Å²) in [6.07, 6.45) is 0. The second kappa shape index (κ2) is 5.73. The van der Waals surface area contributed by atoms with Crippen molar-refractivity contribution in [1.29, 1.82) is 0 Å². The van der Waals surface area contributed by atoms with Crippen molar-refractivity contribution in [3.8, 4) is 0 Å². The molecule has 1 aliphatic rings. The van der Waals surface area contributed by atoms with Crippen LogP contribution in [0.2, 0.25) is 10.0 Å². The molecule has 5 nitrogen and oxygen atoms in total. The molecular weight excluding hydrogens is 303 g/mol. The van der Waals surface area contributed by atoms with E-state index in [-0.39, 0.29) is 0 Å². The van der Waals surface area contributed by atoms with Gasteiger partial charge in [0.15, 0.2) is 0 Å². The van der Waals surface area contributed by atoms with Gasteiger partial charge in [0.2, 0.25) is 0 Å². The number of ether oxygens (including phenoxy) is 1. The molecule has 20 heavy (non-hydrogen) atoms. The Labute approximate surface area is 125 Å². The molecule has 0 radical (unpaired) electrons. The van der Waals surface area contributed by atoms with Crippen LogP contribution in [0.5, 0.6) is 0 Å². The van der Waals surface area contributed by atoms with Crippen LogP contribution in [0.3, 0.4) is 0 Å². The standard InChI is InChI=1S/C13H12Cl2N2O3/c1-6-10(12(18)20-2)11(17-13(19)16-6)7-3-4-8(14)9(15)5-7/h3-5,11H,1-2H3,(H2,16,17,19)/t11-/m0/s1. The van der Waals surface area contributed by atoms with Gasteiger partial charge in [0.25, 0.3) is 0 Å². The van der Waals surface area contributed by atoms with Crippen LogP contribution in [0.4, 0.5) is 4.79 Å². The first-order chi connectivity index (χ1) is 9.43. The molecule has 0 saturated heterocycles. The molecule has 0 fully saturated rings. The second-order valence-electron chi connectivity index (χ2n) is 4.24. The van der Waals surface area contributed by atoms with Gasteiger partial charge in [-0.1, -0.05) is 29.3 Å². The van der Waals surface area contributed by atoms with Gasteiger partial charge in [-0.3, -0.25) is 0 Å². The summed E-state index contributed by atoms with van der Waals surface area (Å²) in [5.41, 5.74) is 1.41. The minimum absolute atomic E-state index is 0.325. The third-order valence-corrected chi connectivity index (χ3v) is 3.69. The summed E-state index contributed by atoms with van der Waals surface area (Å²) in [5, 5.41) is 5.95. The maximum Gasteiger partial charge on any atom is 0.337 e. The first kappa shape index (κ1) is 14.7. The number of hydrogen-bond acceptors (Lipinski definition) is 3. The molecule has 1 aliphatic heterocycles. The highest BCUT2D eigenvalue weighted by atomic mass is 35.5. The predicted molar refractivity (Wildman–Crippen MR) is 75.6 cm³/mol. The van der Waals surface area contributed by atoms with Gasteiger partial charge in [-0.05, 0) is 24.6 Å². The number of allylic oxidation sites excluding steroid dienone is 1. The fourth-order valence-electron chi connectivity index (χ4n) is 2.02. The molecule has 0 bridgehead atoms. The van der Waals surface area contributed by atoms with E-state index in [1.807, 2.05) is 0 Å². The number of urea groups is 1. The molecule has 2 rings (SSSR count). The lowest BCUT2D eigenvalue weighted by molar-refractivity contribution is -0.136. The number of carbonyl (C=O) groups is 2. The van der Waals surface area contributed by atoms with Crippen LogP contribution >= 0.6 is 23.2 Å². The number of rotatable bonds is 2. The van der Waals surface area contributed by atoms with E-state index in [9.17, 15) is 9.59 Å². The van der Waals surface area contributed by atoms with E-state index in [0.29, 0.717) is 26.9 Å². The van der Waals surface area contributed by atoms with Gasteiger partial charge in [-0.25, -0.2) is 9.59 Å². The molecule has 2 amide bonds. The fraction of sp³-hybridized carbons (Fsp3) is 0.231. The van der Waals surface area contributed by atoms with Gasteiger partial charge >= 0.3 is 12.0 Å². The number of halogens is 2. The van der Waals surface area contributed by atoms with Crippen molar-refractivity contribution in [3.05, 3.63) is 45.1 Å². The van der Waals surface area contributed by atoms with Crippen LogP contribution < -0.4 is 10.6 Å². The molecule has 0 saturated carbocycles. The van der Waals surface area contributed by atoms with Crippen LogP contribution in [0, 0.1) is 0 Å². The Kier molecular flexibility index (Phi) is 4.20. The normalized spacial score (nSPS) is 18.4. The number of esters is 1. The van der Waals surface area contributed by atoms with Gasteiger partial charge in [-0.15, -0.1) is 0 Å². The number of methoxy groups -OCH3 is 1. The van der Waals surface area contributed by atoms with Crippen molar-refractivity contribution in [2.75, 3.05) is 7.11 Å². The Morgan fingerprint density at radius 1 is 1.30 bits per heavy atom. The van der Waals surface area contributed by atoms with Crippen LogP contribution in [0.1, 0.15) is 18.5 Å². The largest absolute Gasteiger partial charge is 0.466 e. The summed E-state index contributed by atoms with van der Waals surface area (Å²) in [5.74, 6) is -0.522. The number of amides is 2. The summed E-state index contributed by atoms with van der Waals surface area (Å²) >= 11 is 11.8. The Hall–Kier alpha value is -1.72.